The van der Waals surface area contributed by atoms with Crippen LogP contribution in [0, 0.1) is 29.1 Å². The minimum atomic E-state index is -1.31. The molecule has 90 heavy (non-hydrogen) atoms. The molecular formula is C75H93N5O10. The van der Waals surface area contributed by atoms with Crippen molar-refractivity contribution in [3.8, 4) is 51.7 Å². The van der Waals surface area contributed by atoms with Gasteiger partial charge in [0.15, 0.2) is 17.6 Å². The Morgan fingerprint density at radius 2 is 1.67 bits per heavy atom. The van der Waals surface area contributed by atoms with Crippen LogP contribution in [0.25, 0.3) is 28.1 Å². The minimum Gasteiger partial charge on any atom is -0.507 e. The molecule has 11 atom stereocenters. The fourth-order valence-electron chi connectivity index (χ4n) is 17.1. The van der Waals surface area contributed by atoms with Crippen LogP contribution in [0.1, 0.15) is 154 Å². The first-order valence-corrected chi connectivity index (χ1v) is 33.4. The predicted molar refractivity (Wildman–Crippen MR) is 351 cm³/mol. The van der Waals surface area contributed by atoms with E-state index >= 15 is 0 Å². The molecule has 3 aliphatic heterocycles. The molecule has 4 heterocycles. The van der Waals surface area contributed by atoms with Gasteiger partial charge in [0.2, 0.25) is 0 Å². The largest absolute Gasteiger partial charge is 0.507 e. The Morgan fingerprint density at radius 1 is 0.844 bits per heavy atom. The van der Waals surface area contributed by atoms with Gasteiger partial charge in [0.05, 0.1) is 25.5 Å². The highest BCUT2D eigenvalue weighted by atomic mass is 16.6. The van der Waals surface area contributed by atoms with Crippen molar-refractivity contribution in [2.75, 3.05) is 60.0 Å². The molecule has 15 heteroatoms. The Balaban J connectivity index is 0.969. The molecule has 0 amide bonds. The Kier molecular flexibility index (Phi) is 18.5. The second-order valence-corrected chi connectivity index (χ2v) is 27.8. The van der Waals surface area contributed by atoms with Gasteiger partial charge < -0.3 is 64.8 Å². The summed E-state index contributed by atoms with van der Waals surface area (Å²) >= 11 is 0. The fourth-order valence-corrected chi connectivity index (χ4v) is 17.1. The molecule has 2 saturated carbocycles. The van der Waals surface area contributed by atoms with E-state index in [1.165, 1.54) is 42.4 Å². The molecule has 478 valence electrons. The maximum atomic E-state index is 12.2. The molecule has 0 radical (unpaired) electrons. The quantitative estimate of drug-likeness (QED) is 0.0174. The summed E-state index contributed by atoms with van der Waals surface area (Å²) in [4.78, 5) is 3.43. The zero-order chi connectivity index (χ0) is 62.2. The Hall–Kier alpha value is -6.42. The van der Waals surface area contributed by atoms with Crippen LogP contribution in [0.5, 0.6) is 28.7 Å². The third-order valence-corrected chi connectivity index (χ3v) is 21.1. The van der Waals surface area contributed by atoms with E-state index in [2.05, 4.69) is 119 Å². The topological polar surface area (TPSA) is 211 Å². The van der Waals surface area contributed by atoms with Crippen LogP contribution in [0.2, 0.25) is 0 Å². The number of hydrogen-bond donors (Lipinski definition) is 10. The first-order valence-electron chi connectivity index (χ1n) is 33.4. The van der Waals surface area contributed by atoms with Crippen LogP contribution < -0.4 is 35.5 Å². The number of hydrogen-bond acceptors (Lipinski definition) is 14. The number of phenolic OH excluding ortho intramolecular Hbond substituents is 2. The molecule has 2 fully saturated rings. The molecule has 15 nitrogen and oxygen atoms in total. The number of aryl methyl sites for hydroxylation is 1. The average Bonchev–Trinajstić information content (AvgIpc) is 0.774. The van der Waals surface area contributed by atoms with Gasteiger partial charge in [-0.25, -0.2) is 0 Å². The maximum Gasteiger partial charge on any atom is 0.161 e. The Labute approximate surface area is 530 Å². The number of rotatable bonds is 22. The van der Waals surface area contributed by atoms with Crippen molar-refractivity contribution in [1.29, 1.82) is 0 Å². The zero-order valence-corrected chi connectivity index (χ0v) is 53.0. The smallest absolute Gasteiger partial charge is 0.161 e. The summed E-state index contributed by atoms with van der Waals surface area (Å²) in [5.74, 6) is 9.44. The predicted octanol–water partition coefficient (Wildman–Crippen LogP) is 10.8. The average molecular weight is 1220 g/mol. The number of fused-ring (bicyclic) bond motifs is 12. The number of aromatic amines is 1. The molecule has 1 aromatic heterocycles. The lowest BCUT2D eigenvalue weighted by Gasteiger charge is -2.50. The lowest BCUT2D eigenvalue weighted by Crippen LogP contribution is -2.62. The molecule has 4 aliphatic carbocycles. The van der Waals surface area contributed by atoms with E-state index in [0.29, 0.717) is 68.2 Å². The van der Waals surface area contributed by atoms with Gasteiger partial charge in [-0.05, 0) is 194 Å². The lowest BCUT2D eigenvalue weighted by molar-refractivity contribution is -0.145. The van der Waals surface area contributed by atoms with E-state index < -0.39 is 35.6 Å². The van der Waals surface area contributed by atoms with Crippen LogP contribution >= 0.6 is 0 Å². The molecule has 11 unspecified atom stereocenters. The number of methoxy groups -OCH3 is 1. The van der Waals surface area contributed by atoms with Crippen LogP contribution in [0.3, 0.4) is 0 Å². The number of aliphatic hydroxyl groups is 3. The number of aromatic hydroxyl groups is 2. The first-order chi connectivity index (χ1) is 43.8. The first kappa shape index (κ1) is 62.4. The summed E-state index contributed by atoms with van der Waals surface area (Å²) < 4.78 is 35.2. The van der Waals surface area contributed by atoms with Gasteiger partial charge in [-0.15, -0.1) is 0 Å². The van der Waals surface area contributed by atoms with Crippen LogP contribution in [0.4, 0.5) is 0 Å². The monoisotopic (exact) mass is 1220 g/mol. The number of aliphatic hydroxyl groups excluding tert-OH is 2. The second-order valence-electron chi connectivity index (χ2n) is 27.8. The van der Waals surface area contributed by atoms with E-state index in [1.54, 1.807) is 6.07 Å². The van der Waals surface area contributed by atoms with Crippen LogP contribution in [0.15, 0.2) is 96.7 Å². The number of aromatic nitrogens is 1. The third kappa shape index (κ3) is 12.4. The molecule has 0 saturated heterocycles. The number of ether oxygens (including phenoxy) is 5. The van der Waals surface area contributed by atoms with Gasteiger partial charge in [-0.2, -0.15) is 0 Å². The lowest BCUT2D eigenvalue weighted by atomic mass is 9.62. The van der Waals surface area contributed by atoms with E-state index in [-0.39, 0.29) is 79.5 Å². The SMILES string of the molecule is COCC1CCCC12CCCC(NCOC13Cc4c5c(c6c(c4OC1c1ccc(O)c(c1)OC(CO)CC#CC3NCNCC(C)(O)CC(C)C)CCC(CO)O6)-c1ccc(O)c3c1C(C5)C(c1ccc4[nH]ccc4c1)C(CNCCCc1ccccc1)=C3)C2. The van der Waals surface area contributed by atoms with Crippen molar-refractivity contribution in [3.63, 3.8) is 0 Å². The Morgan fingerprint density at radius 3 is 2.49 bits per heavy atom. The van der Waals surface area contributed by atoms with Crippen molar-refractivity contribution in [2.24, 2.45) is 17.3 Å². The van der Waals surface area contributed by atoms with Crippen molar-refractivity contribution >= 4 is 17.0 Å². The van der Waals surface area contributed by atoms with E-state index in [1.807, 2.05) is 38.4 Å². The normalized spacial score (nSPS) is 27.1. The van der Waals surface area contributed by atoms with Crippen molar-refractivity contribution in [2.45, 2.75) is 171 Å². The number of nitrogens with one attached hydrogen (secondary N) is 5. The van der Waals surface area contributed by atoms with Gasteiger partial charge in [0.1, 0.15) is 41.1 Å². The van der Waals surface area contributed by atoms with E-state index in [4.69, 9.17) is 23.7 Å². The summed E-state index contributed by atoms with van der Waals surface area (Å²) in [6.45, 7) is 8.60. The highest BCUT2D eigenvalue weighted by Gasteiger charge is 2.56. The van der Waals surface area contributed by atoms with Crippen molar-refractivity contribution in [1.82, 2.24) is 26.3 Å². The van der Waals surface area contributed by atoms with Crippen molar-refractivity contribution < 1.29 is 49.2 Å². The number of phenols is 2. The molecule has 2 bridgehead atoms. The summed E-state index contributed by atoms with van der Waals surface area (Å²) in [6.07, 6.45) is 14.8. The third-order valence-electron chi connectivity index (χ3n) is 21.1. The molecular weight excluding hydrogens is 1130 g/mol. The van der Waals surface area contributed by atoms with Crippen LogP contribution in [-0.2, 0) is 35.2 Å². The van der Waals surface area contributed by atoms with Gasteiger partial charge in [-0.3, -0.25) is 10.6 Å². The van der Waals surface area contributed by atoms with Gasteiger partial charge in [-0.1, -0.05) is 87.1 Å². The maximum absolute atomic E-state index is 12.2. The standard InChI is InChI=1S/C75H93N5O10/c1-46(2)36-73(3,85)43-77-44-79-66-18-8-17-54(40-81)88-65-34-50(20-25-64(65)84)72-75(66,87-45-80-53-16-10-29-74(37-53)28-9-15-52(74)42-86-4)38-61-58-35-60-67(49-19-24-62-48(32-49)27-31-78-62)51(39-76-30-11-14-47-12-6-5-7-13-47)33-59-63(83)26-23-56(68(59)60)69(58)71-57(70(61)90-72)22-21-55(41-82)89-71/h5-7,12-13,19-20,23-27,31-34,46,52-55,60,66-67,72,76-85H,9-11,14-17,21-22,28-30,35-45H2,1-4H3. The fraction of sp³-hybridized carbons (Fsp3) is 0.520. The zero-order valence-electron chi connectivity index (χ0n) is 53.0. The number of H-pyrrole nitrogens is 1. The van der Waals surface area contributed by atoms with Gasteiger partial charge in [0.25, 0.3) is 0 Å². The molecule has 10 N–H and O–H groups in total. The molecule has 7 aliphatic rings. The Bertz CT molecular complexity index is 3630. The van der Waals surface area contributed by atoms with E-state index in [0.717, 1.165) is 95.1 Å². The molecule has 1 spiro atoms. The molecule has 6 aromatic rings. The second kappa shape index (κ2) is 26.7. The highest BCUT2D eigenvalue weighted by Crippen LogP contribution is 2.62. The van der Waals surface area contributed by atoms with Crippen molar-refractivity contribution in [3.05, 3.63) is 141 Å². The van der Waals surface area contributed by atoms with Gasteiger partial charge >= 0.3 is 0 Å². The molecule has 13 rings (SSSR count). The minimum absolute atomic E-state index is 0.0708. The highest BCUT2D eigenvalue weighted by molar-refractivity contribution is 5.90. The van der Waals surface area contributed by atoms with Gasteiger partial charge in [0, 0.05) is 92.2 Å². The summed E-state index contributed by atoms with van der Waals surface area (Å²) in [7, 11) is 1.83. The molecule has 5 aromatic carbocycles. The summed E-state index contributed by atoms with van der Waals surface area (Å²) in [5.41, 5.74) is 10.1. The summed E-state index contributed by atoms with van der Waals surface area (Å²) in [5, 5.41) is 73.5. The van der Waals surface area contributed by atoms with Crippen LogP contribution in [-0.4, -0.2) is 126 Å². The number of benzene rings is 5. The summed E-state index contributed by atoms with van der Waals surface area (Å²) in [6, 6.07) is 28.3. The van der Waals surface area contributed by atoms with E-state index in [9.17, 15) is 25.5 Å².